The van der Waals surface area contributed by atoms with E-state index in [-0.39, 0.29) is 0 Å². The van der Waals surface area contributed by atoms with E-state index in [1.807, 2.05) is 0 Å². The normalized spacial score (nSPS) is 27.4. The van der Waals surface area contributed by atoms with Gasteiger partial charge in [0, 0.05) is 19.1 Å². The van der Waals surface area contributed by atoms with Crippen LogP contribution in [0.3, 0.4) is 0 Å². The SMILES string of the molecule is CN1CCC[C@@H](CNC(=S)NC2CC2)C1. The number of hydrogen-bond donors (Lipinski definition) is 2. The van der Waals surface area contributed by atoms with Crippen LogP contribution in [0.15, 0.2) is 0 Å². The molecule has 0 radical (unpaired) electrons. The fraction of sp³-hybridized carbons (Fsp3) is 0.909. The molecule has 1 saturated carbocycles. The Kier molecular flexibility index (Phi) is 3.81. The number of thiocarbonyl (C=S) groups is 1. The molecule has 0 aromatic rings. The zero-order valence-electron chi connectivity index (χ0n) is 9.46. The van der Waals surface area contributed by atoms with Crippen LogP contribution in [0.4, 0.5) is 0 Å². The molecule has 86 valence electrons. The summed E-state index contributed by atoms with van der Waals surface area (Å²) in [6.45, 7) is 3.49. The van der Waals surface area contributed by atoms with Gasteiger partial charge in [-0.3, -0.25) is 0 Å². The molecule has 0 unspecified atom stereocenters. The largest absolute Gasteiger partial charge is 0.362 e. The molecule has 1 heterocycles. The third-order valence-corrected chi connectivity index (χ3v) is 3.45. The lowest BCUT2D eigenvalue weighted by atomic mass is 9.99. The van der Waals surface area contributed by atoms with Crippen molar-refractivity contribution in [1.29, 1.82) is 0 Å². The molecule has 0 spiro atoms. The minimum absolute atomic E-state index is 0.666. The molecule has 1 aliphatic heterocycles. The van der Waals surface area contributed by atoms with Gasteiger partial charge in [-0.1, -0.05) is 0 Å². The fourth-order valence-corrected chi connectivity index (χ4v) is 2.39. The summed E-state index contributed by atoms with van der Waals surface area (Å²) in [5, 5.41) is 7.50. The van der Waals surface area contributed by atoms with E-state index < -0.39 is 0 Å². The van der Waals surface area contributed by atoms with Crippen LogP contribution in [0.1, 0.15) is 25.7 Å². The van der Waals surface area contributed by atoms with Gasteiger partial charge in [0.1, 0.15) is 0 Å². The summed E-state index contributed by atoms with van der Waals surface area (Å²) in [4.78, 5) is 2.41. The van der Waals surface area contributed by atoms with Crippen LogP contribution in [-0.4, -0.2) is 42.7 Å². The summed E-state index contributed by atoms with van der Waals surface area (Å²) in [7, 11) is 2.20. The van der Waals surface area contributed by atoms with Crippen LogP contribution in [0.25, 0.3) is 0 Å². The van der Waals surface area contributed by atoms with Crippen molar-refractivity contribution in [2.24, 2.45) is 5.92 Å². The molecule has 0 aromatic carbocycles. The summed E-state index contributed by atoms with van der Waals surface area (Å²) in [5.74, 6) is 0.766. The average molecular weight is 227 g/mol. The Bertz CT molecular complexity index is 228. The highest BCUT2D eigenvalue weighted by atomic mass is 32.1. The first-order valence-corrected chi connectivity index (χ1v) is 6.38. The second-order valence-corrected chi connectivity index (χ2v) is 5.31. The molecule has 0 amide bonds. The van der Waals surface area contributed by atoms with Gasteiger partial charge in [-0.2, -0.15) is 0 Å². The number of likely N-dealkylation sites (tertiary alicyclic amines) is 1. The van der Waals surface area contributed by atoms with Gasteiger partial charge < -0.3 is 15.5 Å². The number of piperidine rings is 1. The second-order valence-electron chi connectivity index (χ2n) is 4.90. The van der Waals surface area contributed by atoms with Crippen molar-refractivity contribution in [3.05, 3.63) is 0 Å². The highest BCUT2D eigenvalue weighted by Gasteiger charge is 2.22. The average Bonchev–Trinajstić information content (AvgIpc) is 2.99. The van der Waals surface area contributed by atoms with Crippen molar-refractivity contribution < 1.29 is 0 Å². The predicted octanol–water partition coefficient (Wildman–Crippen LogP) is 0.955. The van der Waals surface area contributed by atoms with E-state index in [0.717, 1.165) is 17.6 Å². The van der Waals surface area contributed by atoms with Gasteiger partial charge in [0.15, 0.2) is 5.11 Å². The standard InChI is InChI=1S/C11H21N3S/c1-14-6-2-3-9(8-14)7-12-11(15)13-10-4-5-10/h9-10H,2-8H2,1H3,(H2,12,13,15)/t9-/m0/s1. The maximum Gasteiger partial charge on any atom is 0.166 e. The third kappa shape index (κ3) is 3.95. The zero-order chi connectivity index (χ0) is 10.7. The maximum atomic E-state index is 5.23. The Morgan fingerprint density at radius 1 is 1.40 bits per heavy atom. The zero-order valence-corrected chi connectivity index (χ0v) is 10.3. The Balaban J connectivity index is 1.61. The van der Waals surface area contributed by atoms with E-state index in [0.29, 0.717) is 6.04 Å². The molecule has 0 aromatic heterocycles. The first-order chi connectivity index (χ1) is 7.24. The van der Waals surface area contributed by atoms with Gasteiger partial charge in [-0.15, -0.1) is 0 Å². The summed E-state index contributed by atoms with van der Waals surface area (Å²) in [5.41, 5.74) is 0. The van der Waals surface area contributed by atoms with Crippen LogP contribution in [-0.2, 0) is 0 Å². The van der Waals surface area contributed by atoms with Gasteiger partial charge in [0.2, 0.25) is 0 Å². The topological polar surface area (TPSA) is 27.3 Å². The molecule has 3 nitrogen and oxygen atoms in total. The molecule has 2 N–H and O–H groups in total. The summed E-state index contributed by atoms with van der Waals surface area (Å²) < 4.78 is 0. The molecule has 2 rings (SSSR count). The van der Waals surface area contributed by atoms with Gasteiger partial charge in [-0.25, -0.2) is 0 Å². The summed E-state index contributed by atoms with van der Waals surface area (Å²) >= 11 is 5.23. The maximum absolute atomic E-state index is 5.23. The summed E-state index contributed by atoms with van der Waals surface area (Å²) in [6, 6.07) is 0.666. The fourth-order valence-electron chi connectivity index (χ4n) is 2.14. The molecule has 2 aliphatic rings. The van der Waals surface area contributed by atoms with Crippen molar-refractivity contribution in [2.45, 2.75) is 31.7 Å². The molecule has 2 fully saturated rings. The van der Waals surface area contributed by atoms with Crippen molar-refractivity contribution in [3.8, 4) is 0 Å². The van der Waals surface area contributed by atoms with Gasteiger partial charge in [0.25, 0.3) is 0 Å². The molecular formula is C11H21N3S. The van der Waals surface area contributed by atoms with E-state index in [9.17, 15) is 0 Å². The molecular weight excluding hydrogens is 206 g/mol. The van der Waals surface area contributed by atoms with Crippen LogP contribution in [0.2, 0.25) is 0 Å². The van der Waals surface area contributed by atoms with Gasteiger partial charge >= 0.3 is 0 Å². The Labute approximate surface area is 97.6 Å². The quantitative estimate of drug-likeness (QED) is 0.702. The van der Waals surface area contributed by atoms with Crippen LogP contribution < -0.4 is 10.6 Å². The van der Waals surface area contributed by atoms with Crippen LogP contribution >= 0.6 is 12.2 Å². The second kappa shape index (κ2) is 5.12. The third-order valence-electron chi connectivity index (χ3n) is 3.19. The predicted molar refractivity (Wildman–Crippen MR) is 67.0 cm³/mol. The highest BCUT2D eigenvalue weighted by molar-refractivity contribution is 7.80. The van der Waals surface area contributed by atoms with E-state index in [1.165, 1.54) is 38.8 Å². The molecule has 1 saturated heterocycles. The minimum Gasteiger partial charge on any atom is -0.362 e. The van der Waals surface area contributed by atoms with Gasteiger partial charge in [0.05, 0.1) is 0 Å². The lowest BCUT2D eigenvalue weighted by Crippen LogP contribution is -2.43. The van der Waals surface area contributed by atoms with E-state index in [4.69, 9.17) is 12.2 Å². The van der Waals surface area contributed by atoms with E-state index in [2.05, 4.69) is 22.6 Å². The van der Waals surface area contributed by atoms with Crippen molar-refractivity contribution >= 4 is 17.3 Å². The Morgan fingerprint density at radius 2 is 2.20 bits per heavy atom. The Hall–Kier alpha value is -0.350. The smallest absolute Gasteiger partial charge is 0.166 e. The van der Waals surface area contributed by atoms with Crippen LogP contribution in [0.5, 0.6) is 0 Å². The van der Waals surface area contributed by atoms with Crippen molar-refractivity contribution in [3.63, 3.8) is 0 Å². The first-order valence-electron chi connectivity index (χ1n) is 5.97. The molecule has 0 bridgehead atoms. The molecule has 15 heavy (non-hydrogen) atoms. The van der Waals surface area contributed by atoms with E-state index in [1.54, 1.807) is 0 Å². The molecule has 1 aliphatic carbocycles. The molecule has 1 atom stereocenters. The lowest BCUT2D eigenvalue weighted by Gasteiger charge is -2.30. The Morgan fingerprint density at radius 3 is 2.87 bits per heavy atom. The van der Waals surface area contributed by atoms with Gasteiger partial charge in [-0.05, 0) is 57.4 Å². The number of hydrogen-bond acceptors (Lipinski definition) is 2. The van der Waals surface area contributed by atoms with Crippen molar-refractivity contribution in [1.82, 2.24) is 15.5 Å². The van der Waals surface area contributed by atoms with E-state index >= 15 is 0 Å². The number of nitrogens with zero attached hydrogens (tertiary/aromatic N) is 1. The highest BCUT2D eigenvalue weighted by Crippen LogP contribution is 2.18. The minimum atomic E-state index is 0.666. The lowest BCUT2D eigenvalue weighted by molar-refractivity contribution is 0.210. The number of nitrogens with one attached hydrogen (secondary N) is 2. The molecule has 4 heteroatoms. The summed E-state index contributed by atoms with van der Waals surface area (Å²) in [6.07, 6.45) is 5.23. The van der Waals surface area contributed by atoms with Crippen LogP contribution in [0, 0.1) is 5.92 Å². The first kappa shape index (κ1) is 11.1. The number of rotatable bonds is 3. The monoisotopic (exact) mass is 227 g/mol. The van der Waals surface area contributed by atoms with Crippen molar-refractivity contribution in [2.75, 3.05) is 26.7 Å².